The fourth-order valence-electron chi connectivity index (χ4n) is 0.129. The van der Waals surface area contributed by atoms with Gasteiger partial charge >= 0.3 is 16.6 Å². The van der Waals surface area contributed by atoms with E-state index in [2.05, 4.69) is 23.2 Å². The van der Waals surface area contributed by atoms with Crippen LogP contribution in [0.3, 0.4) is 0 Å². The van der Waals surface area contributed by atoms with Crippen molar-refractivity contribution in [3.8, 4) is 0 Å². The maximum Gasteiger partial charge on any atom is 0.314 e. The third-order valence-electron chi connectivity index (χ3n) is 0.302. The maximum atomic E-state index is 9.43. The monoisotopic (exact) mass is 202 g/mol. The van der Waals surface area contributed by atoms with Crippen molar-refractivity contribution in [2.45, 2.75) is 6.42 Å². The molecule has 0 aromatic heterocycles. The van der Waals surface area contributed by atoms with Gasteiger partial charge < -0.3 is 10.2 Å². The van der Waals surface area contributed by atoms with Crippen LogP contribution in [0.1, 0.15) is 6.42 Å². The van der Waals surface area contributed by atoms with E-state index in [1.165, 1.54) is 0 Å². The molecular formula is C4H4Cl2O5. The number of rotatable bonds is 2. The lowest BCUT2D eigenvalue weighted by molar-refractivity contribution is -0.147. The van der Waals surface area contributed by atoms with E-state index in [9.17, 15) is 9.59 Å². The molecule has 11 heavy (non-hydrogen) atoms. The zero-order valence-electron chi connectivity index (χ0n) is 5.08. The van der Waals surface area contributed by atoms with Gasteiger partial charge in [-0.3, -0.25) is 14.4 Å². The van der Waals surface area contributed by atoms with Crippen molar-refractivity contribution in [3.63, 3.8) is 0 Å². The number of carboxylic acid groups (broad SMARTS) is 2. The second-order valence-electron chi connectivity index (χ2n) is 1.19. The quantitative estimate of drug-likeness (QED) is 0.518. The molecule has 0 saturated heterocycles. The fraction of sp³-hybridized carbons (Fsp3) is 0.250. The van der Waals surface area contributed by atoms with Crippen molar-refractivity contribution >= 4 is 39.8 Å². The van der Waals surface area contributed by atoms with Gasteiger partial charge in [-0.1, -0.05) is 0 Å². The van der Waals surface area contributed by atoms with Gasteiger partial charge in [0.25, 0.3) is 0 Å². The molecule has 0 atom stereocenters. The zero-order chi connectivity index (χ0) is 9.44. The summed E-state index contributed by atoms with van der Waals surface area (Å²) in [6.45, 7) is 0. The number of carboxylic acids is 2. The van der Waals surface area contributed by atoms with Gasteiger partial charge in [0.05, 0.1) is 0 Å². The minimum Gasteiger partial charge on any atom is -0.481 e. The lowest BCUT2D eigenvalue weighted by atomic mass is 10.5. The van der Waals surface area contributed by atoms with E-state index >= 15 is 0 Å². The Hall–Kier alpha value is -0.810. The molecule has 0 rings (SSSR count). The molecule has 0 spiro atoms. The van der Waals surface area contributed by atoms with Crippen molar-refractivity contribution in [1.82, 2.24) is 0 Å². The minimum absolute atomic E-state index is 0.806. The van der Waals surface area contributed by atoms with Crippen LogP contribution in [0.5, 0.6) is 0 Å². The van der Waals surface area contributed by atoms with Gasteiger partial charge in [0.2, 0.25) is 0 Å². The van der Waals surface area contributed by atoms with Crippen molar-refractivity contribution in [1.29, 1.82) is 0 Å². The zero-order valence-corrected chi connectivity index (χ0v) is 6.59. The molecular weight excluding hydrogens is 199 g/mol. The van der Waals surface area contributed by atoms with E-state index in [1.807, 2.05) is 0 Å². The second kappa shape index (κ2) is 7.30. The molecule has 7 heteroatoms. The molecule has 0 unspecified atom stereocenters. The van der Waals surface area contributed by atoms with Crippen LogP contribution in [0.25, 0.3) is 0 Å². The van der Waals surface area contributed by atoms with Gasteiger partial charge in [0, 0.05) is 0 Å². The minimum atomic E-state index is -1.31. The molecule has 64 valence electrons. The third-order valence-corrected chi connectivity index (χ3v) is 0.302. The number of hydrogen-bond acceptors (Lipinski definition) is 3. The Morgan fingerprint density at radius 1 is 1.00 bits per heavy atom. The third kappa shape index (κ3) is 46.7. The first-order chi connectivity index (χ1) is 4.86. The van der Waals surface area contributed by atoms with E-state index in [-0.39, 0.29) is 0 Å². The van der Waals surface area contributed by atoms with E-state index in [0.717, 1.165) is 0 Å². The molecule has 0 aliphatic carbocycles. The van der Waals surface area contributed by atoms with E-state index in [4.69, 9.17) is 15.0 Å². The van der Waals surface area contributed by atoms with Crippen LogP contribution in [0.4, 0.5) is 4.79 Å². The van der Waals surface area contributed by atoms with Crippen LogP contribution >= 0.6 is 23.2 Å². The van der Waals surface area contributed by atoms with Crippen molar-refractivity contribution < 1.29 is 24.6 Å². The molecule has 0 aromatic rings. The standard InChI is InChI=1S/C3H4O4.CCl2O/c4-2(5)1-3(6)7;2-1(3)4/h1H2,(H,4,5)(H,6,7);. The summed E-state index contributed by atoms with van der Waals surface area (Å²) in [5.74, 6) is -2.62. The highest BCUT2D eigenvalue weighted by Gasteiger charge is 2.01. The number of carbonyl (C=O) groups excluding carboxylic acids is 1. The van der Waals surface area contributed by atoms with Gasteiger partial charge in [0.15, 0.2) is 0 Å². The summed E-state index contributed by atoms with van der Waals surface area (Å²) < 4.78 is -0.889. The molecule has 0 aromatic carbocycles. The lowest BCUT2D eigenvalue weighted by Crippen LogP contribution is -2.03. The summed E-state index contributed by atoms with van der Waals surface area (Å²) >= 11 is 8.80. The Morgan fingerprint density at radius 3 is 1.18 bits per heavy atom. The molecule has 0 aliphatic heterocycles. The van der Waals surface area contributed by atoms with Gasteiger partial charge in [-0.15, -0.1) is 0 Å². The topological polar surface area (TPSA) is 91.7 Å². The smallest absolute Gasteiger partial charge is 0.314 e. The average molecular weight is 203 g/mol. The molecule has 0 bridgehead atoms. The highest BCUT2D eigenvalue weighted by molar-refractivity contribution is 6.93. The first-order valence-corrected chi connectivity index (χ1v) is 2.90. The van der Waals surface area contributed by atoms with E-state index in [0.29, 0.717) is 0 Å². The molecule has 2 N–H and O–H groups in total. The van der Waals surface area contributed by atoms with Gasteiger partial charge in [-0.2, -0.15) is 0 Å². The Morgan fingerprint density at radius 2 is 1.18 bits per heavy atom. The second-order valence-corrected chi connectivity index (χ2v) is 2.07. The van der Waals surface area contributed by atoms with Crippen LogP contribution < -0.4 is 0 Å². The Kier molecular flexibility index (Phi) is 8.51. The van der Waals surface area contributed by atoms with Crippen molar-refractivity contribution in [2.75, 3.05) is 0 Å². The van der Waals surface area contributed by atoms with E-state index in [1.54, 1.807) is 0 Å². The maximum absolute atomic E-state index is 9.43. The van der Waals surface area contributed by atoms with Crippen LogP contribution in [-0.4, -0.2) is 26.9 Å². The number of aliphatic carboxylic acids is 2. The summed E-state index contributed by atoms with van der Waals surface area (Å²) in [4.78, 5) is 27.8. The summed E-state index contributed by atoms with van der Waals surface area (Å²) in [6, 6.07) is 0. The Labute approximate surface area is 71.5 Å². The summed E-state index contributed by atoms with van der Waals surface area (Å²) in [7, 11) is 0. The van der Waals surface area contributed by atoms with E-state index < -0.39 is 23.1 Å². The Balaban J connectivity index is 0. The molecule has 0 aliphatic rings. The SMILES string of the molecule is O=C(Cl)Cl.O=C(O)CC(=O)O. The normalized spacial score (nSPS) is 7.45. The largest absolute Gasteiger partial charge is 0.481 e. The fourth-order valence-corrected chi connectivity index (χ4v) is 0.129. The molecule has 0 radical (unpaired) electrons. The van der Waals surface area contributed by atoms with Gasteiger partial charge in [-0.05, 0) is 23.2 Å². The average Bonchev–Trinajstić information content (AvgIpc) is 1.56. The predicted molar refractivity (Wildman–Crippen MR) is 37.0 cm³/mol. The summed E-state index contributed by atoms with van der Waals surface area (Å²) in [5, 5.41) is 15.4. The van der Waals surface area contributed by atoms with Crippen LogP contribution in [0, 0.1) is 0 Å². The highest BCUT2D eigenvalue weighted by atomic mass is 35.5. The number of halogens is 2. The van der Waals surface area contributed by atoms with Gasteiger partial charge in [-0.25, -0.2) is 0 Å². The highest BCUT2D eigenvalue weighted by Crippen LogP contribution is 1.84. The predicted octanol–water partition coefficient (Wildman–Crippen LogP) is 1.13. The molecule has 0 amide bonds. The lowest BCUT2D eigenvalue weighted by Gasteiger charge is -1.80. The summed E-state index contributed by atoms with van der Waals surface area (Å²) in [5.41, 5.74) is 0. The Bertz CT molecular complexity index is 150. The van der Waals surface area contributed by atoms with Crippen molar-refractivity contribution in [2.24, 2.45) is 0 Å². The molecule has 0 fully saturated rings. The summed E-state index contributed by atoms with van der Waals surface area (Å²) in [6.07, 6.45) is -0.806. The van der Waals surface area contributed by atoms with Crippen LogP contribution in [-0.2, 0) is 9.59 Å². The first-order valence-electron chi connectivity index (χ1n) is 2.14. The molecule has 5 nitrogen and oxygen atoms in total. The van der Waals surface area contributed by atoms with Crippen LogP contribution in [0.15, 0.2) is 0 Å². The molecule has 0 heterocycles. The van der Waals surface area contributed by atoms with Crippen LogP contribution in [0.2, 0.25) is 0 Å². The van der Waals surface area contributed by atoms with Gasteiger partial charge in [0.1, 0.15) is 6.42 Å². The first kappa shape index (κ1) is 12.8. The number of carbonyl (C=O) groups is 3. The van der Waals surface area contributed by atoms with Crippen molar-refractivity contribution in [3.05, 3.63) is 0 Å². The molecule has 0 saturated carbocycles. The number of hydrogen-bond donors (Lipinski definition) is 2.